The maximum absolute atomic E-state index is 12.4. The van der Waals surface area contributed by atoms with Gasteiger partial charge in [0, 0.05) is 22.9 Å². The Balaban J connectivity index is 1.94. The Morgan fingerprint density at radius 3 is 2.58 bits per heavy atom. The van der Waals surface area contributed by atoms with Gasteiger partial charge in [-0.15, -0.1) is 11.3 Å². The zero-order valence-electron chi connectivity index (χ0n) is 14.0. The number of carbonyl (C=O) groups excluding carboxylic acids is 1. The fraction of sp³-hybridized carbons (Fsp3) is 0.412. The summed E-state index contributed by atoms with van der Waals surface area (Å²) in [6, 6.07) is 3.09. The summed E-state index contributed by atoms with van der Waals surface area (Å²) in [7, 11) is 0. The molecule has 24 heavy (non-hydrogen) atoms. The lowest BCUT2D eigenvalue weighted by Crippen LogP contribution is -2.41. The van der Waals surface area contributed by atoms with Crippen molar-refractivity contribution in [1.29, 1.82) is 0 Å². The van der Waals surface area contributed by atoms with E-state index in [4.69, 9.17) is 5.11 Å². The quantitative estimate of drug-likeness (QED) is 0.884. The molecule has 1 aliphatic carbocycles. The van der Waals surface area contributed by atoms with Crippen LogP contribution in [0.1, 0.15) is 55.0 Å². The summed E-state index contributed by atoms with van der Waals surface area (Å²) in [5.74, 6) is -0.297. The predicted octanol–water partition coefficient (Wildman–Crippen LogP) is 3.51. The molecule has 0 amide bonds. The standard InChI is InChI=1S/C17H19N3O3S/c1-16(2)7-10(21)17(3,4)12-13(16)24-15(20-12)19-11-6-5-9(8-18-11)14(22)23/h5-6,8H,7H2,1-4H3,(H,22,23)(H,18,19,20). The summed E-state index contributed by atoms with van der Waals surface area (Å²) in [6.07, 6.45) is 1.80. The number of aromatic nitrogens is 2. The van der Waals surface area contributed by atoms with E-state index in [2.05, 4.69) is 29.1 Å². The number of carboxylic acid groups (broad SMARTS) is 1. The number of carboxylic acids is 1. The number of anilines is 2. The van der Waals surface area contributed by atoms with Crippen LogP contribution in [-0.4, -0.2) is 26.8 Å². The second-order valence-corrected chi connectivity index (χ2v) is 8.17. The molecule has 126 valence electrons. The van der Waals surface area contributed by atoms with E-state index >= 15 is 0 Å². The monoisotopic (exact) mass is 345 g/mol. The summed E-state index contributed by atoms with van der Waals surface area (Å²) < 4.78 is 0. The highest BCUT2D eigenvalue weighted by molar-refractivity contribution is 7.16. The van der Waals surface area contributed by atoms with Crippen LogP contribution in [0.3, 0.4) is 0 Å². The molecule has 2 aromatic heterocycles. The summed E-state index contributed by atoms with van der Waals surface area (Å²) in [6.45, 7) is 7.93. The Labute approximate surface area is 144 Å². The van der Waals surface area contributed by atoms with Crippen LogP contribution in [0.2, 0.25) is 0 Å². The van der Waals surface area contributed by atoms with Crippen molar-refractivity contribution in [2.75, 3.05) is 5.32 Å². The van der Waals surface area contributed by atoms with Crippen LogP contribution in [0.5, 0.6) is 0 Å². The van der Waals surface area contributed by atoms with E-state index in [1.54, 1.807) is 6.07 Å². The Morgan fingerprint density at radius 1 is 1.29 bits per heavy atom. The van der Waals surface area contributed by atoms with E-state index in [0.717, 1.165) is 10.6 Å². The highest BCUT2D eigenvalue weighted by Crippen LogP contribution is 2.47. The van der Waals surface area contributed by atoms with Gasteiger partial charge in [-0.2, -0.15) is 0 Å². The molecule has 2 heterocycles. The van der Waals surface area contributed by atoms with Crippen LogP contribution in [0.15, 0.2) is 18.3 Å². The highest BCUT2D eigenvalue weighted by Gasteiger charge is 2.46. The summed E-state index contributed by atoms with van der Waals surface area (Å²) in [4.78, 5) is 33.2. The lowest BCUT2D eigenvalue weighted by Gasteiger charge is -2.36. The third-order valence-corrected chi connectivity index (χ3v) is 5.72. The second-order valence-electron chi connectivity index (χ2n) is 7.17. The maximum Gasteiger partial charge on any atom is 0.337 e. The van der Waals surface area contributed by atoms with Gasteiger partial charge < -0.3 is 10.4 Å². The molecule has 0 spiro atoms. The molecule has 1 aliphatic rings. The number of ketones is 1. The number of rotatable bonds is 3. The molecule has 6 nitrogen and oxygen atoms in total. The number of pyridine rings is 1. The third-order valence-electron chi connectivity index (χ3n) is 4.38. The SMILES string of the molecule is CC1(C)CC(=O)C(C)(C)c2nc(Nc3ccc(C(=O)O)cn3)sc21. The van der Waals surface area contributed by atoms with E-state index < -0.39 is 11.4 Å². The van der Waals surface area contributed by atoms with Crippen LogP contribution in [-0.2, 0) is 15.6 Å². The molecule has 0 aliphatic heterocycles. The number of hydrogen-bond acceptors (Lipinski definition) is 6. The number of fused-ring (bicyclic) bond motifs is 1. The van der Waals surface area contributed by atoms with Crippen LogP contribution in [0, 0.1) is 0 Å². The van der Waals surface area contributed by atoms with Gasteiger partial charge in [0.15, 0.2) is 5.13 Å². The van der Waals surface area contributed by atoms with Gasteiger partial charge in [-0.25, -0.2) is 14.8 Å². The number of thiazole rings is 1. The number of Topliss-reactive ketones (excluding diaryl/α,β-unsaturated/α-hetero) is 1. The molecule has 0 atom stereocenters. The molecule has 0 bridgehead atoms. The molecule has 0 unspecified atom stereocenters. The Morgan fingerprint density at radius 2 is 2.00 bits per heavy atom. The second kappa shape index (κ2) is 5.37. The van der Waals surface area contributed by atoms with E-state index in [9.17, 15) is 9.59 Å². The average molecular weight is 345 g/mol. The molecule has 0 aromatic carbocycles. The maximum atomic E-state index is 12.4. The van der Waals surface area contributed by atoms with Gasteiger partial charge in [-0.3, -0.25) is 4.79 Å². The van der Waals surface area contributed by atoms with Gasteiger partial charge in [0.2, 0.25) is 0 Å². The summed E-state index contributed by atoms with van der Waals surface area (Å²) >= 11 is 1.52. The first-order valence-corrected chi connectivity index (χ1v) is 8.44. The van der Waals surface area contributed by atoms with Crippen LogP contribution in [0.25, 0.3) is 0 Å². The molecule has 7 heteroatoms. The van der Waals surface area contributed by atoms with Gasteiger partial charge in [-0.05, 0) is 26.0 Å². The van der Waals surface area contributed by atoms with Gasteiger partial charge in [0.25, 0.3) is 0 Å². The van der Waals surface area contributed by atoms with E-state index in [0.29, 0.717) is 17.4 Å². The first-order valence-electron chi connectivity index (χ1n) is 7.63. The van der Waals surface area contributed by atoms with Crippen molar-refractivity contribution in [1.82, 2.24) is 9.97 Å². The summed E-state index contributed by atoms with van der Waals surface area (Å²) in [5, 5.41) is 12.7. The lowest BCUT2D eigenvalue weighted by molar-refractivity contribution is -0.125. The van der Waals surface area contributed by atoms with Crippen molar-refractivity contribution in [3.05, 3.63) is 34.5 Å². The summed E-state index contributed by atoms with van der Waals surface area (Å²) in [5.41, 5.74) is 0.118. The lowest BCUT2D eigenvalue weighted by atomic mass is 9.68. The van der Waals surface area contributed by atoms with Crippen LogP contribution >= 0.6 is 11.3 Å². The Hall–Kier alpha value is -2.28. The average Bonchev–Trinajstić information content (AvgIpc) is 2.92. The van der Waals surface area contributed by atoms with Crippen molar-refractivity contribution in [3.63, 3.8) is 0 Å². The number of nitrogens with zero attached hydrogens (tertiary/aromatic N) is 2. The number of hydrogen-bond donors (Lipinski definition) is 2. The first-order chi connectivity index (χ1) is 11.1. The van der Waals surface area contributed by atoms with Crippen molar-refractivity contribution >= 4 is 34.0 Å². The number of carbonyl (C=O) groups is 2. The number of aromatic carboxylic acids is 1. The van der Waals surface area contributed by atoms with Gasteiger partial charge in [0.1, 0.15) is 11.6 Å². The molecule has 3 rings (SSSR count). The minimum Gasteiger partial charge on any atom is -0.478 e. The van der Waals surface area contributed by atoms with Gasteiger partial charge in [-0.1, -0.05) is 13.8 Å². The Bertz CT molecular complexity index is 822. The largest absolute Gasteiger partial charge is 0.478 e. The molecule has 0 fully saturated rings. The molecular formula is C17H19N3O3S. The van der Waals surface area contributed by atoms with E-state index in [1.807, 2.05) is 13.8 Å². The zero-order chi connectivity index (χ0) is 17.7. The molecule has 2 aromatic rings. The predicted molar refractivity (Wildman–Crippen MR) is 92.3 cm³/mol. The molecule has 0 radical (unpaired) electrons. The molecule has 0 saturated heterocycles. The Kier molecular flexibility index (Phi) is 3.71. The molecular weight excluding hydrogens is 326 g/mol. The smallest absolute Gasteiger partial charge is 0.337 e. The van der Waals surface area contributed by atoms with Crippen LogP contribution in [0.4, 0.5) is 10.9 Å². The van der Waals surface area contributed by atoms with Gasteiger partial charge in [0.05, 0.1) is 16.7 Å². The van der Waals surface area contributed by atoms with Gasteiger partial charge >= 0.3 is 5.97 Å². The van der Waals surface area contributed by atoms with Crippen molar-refractivity contribution in [2.24, 2.45) is 0 Å². The number of nitrogens with one attached hydrogen (secondary N) is 1. The van der Waals surface area contributed by atoms with Crippen molar-refractivity contribution in [2.45, 2.75) is 44.9 Å². The van der Waals surface area contributed by atoms with Crippen molar-refractivity contribution in [3.8, 4) is 0 Å². The third kappa shape index (κ3) is 2.69. The normalized spacial score (nSPS) is 18.1. The van der Waals surface area contributed by atoms with Crippen LogP contribution < -0.4 is 5.32 Å². The van der Waals surface area contributed by atoms with E-state index in [-0.39, 0.29) is 16.8 Å². The first kappa shape index (κ1) is 16.6. The highest BCUT2D eigenvalue weighted by atomic mass is 32.1. The molecule has 2 N–H and O–H groups in total. The van der Waals surface area contributed by atoms with E-state index in [1.165, 1.54) is 23.6 Å². The topological polar surface area (TPSA) is 92.2 Å². The zero-order valence-corrected chi connectivity index (χ0v) is 14.8. The fourth-order valence-corrected chi connectivity index (χ4v) is 4.03. The fourth-order valence-electron chi connectivity index (χ4n) is 2.79. The van der Waals surface area contributed by atoms with Crippen molar-refractivity contribution < 1.29 is 14.7 Å². The minimum atomic E-state index is -1.01. The molecule has 0 saturated carbocycles. The minimum absolute atomic E-state index is 0.131.